The zero-order chi connectivity index (χ0) is 38.9. The van der Waals surface area contributed by atoms with Crippen LogP contribution in [-0.4, -0.2) is 119 Å². The number of methoxy groups -OCH3 is 2. The largest absolute Gasteiger partial charge is 0.493 e. The lowest BCUT2D eigenvalue weighted by atomic mass is 9.84. The number of nitrogens with zero attached hydrogens (tertiary/aromatic N) is 4. The summed E-state index contributed by atoms with van der Waals surface area (Å²) in [5.41, 5.74) is 5.69. The van der Waals surface area contributed by atoms with E-state index in [1.165, 1.54) is 24.7 Å². The van der Waals surface area contributed by atoms with Crippen LogP contribution in [0.2, 0.25) is 0 Å². The third-order valence-corrected chi connectivity index (χ3v) is 11.2. The predicted molar refractivity (Wildman–Crippen MR) is 206 cm³/mol. The monoisotopic (exact) mass is 746 g/mol. The lowest BCUT2D eigenvalue weighted by Crippen LogP contribution is -2.55. The van der Waals surface area contributed by atoms with Gasteiger partial charge in [0.25, 0.3) is 0 Å². The number of hydrogen-bond acceptors (Lipinski definition) is 8. The van der Waals surface area contributed by atoms with Crippen molar-refractivity contribution < 1.29 is 32.1 Å². The van der Waals surface area contributed by atoms with Crippen molar-refractivity contribution >= 4 is 0 Å². The number of ether oxygens (including phenoxy) is 4. The van der Waals surface area contributed by atoms with E-state index in [4.69, 9.17) is 18.9 Å². The molecule has 0 aromatic heterocycles. The van der Waals surface area contributed by atoms with Crippen LogP contribution in [0.3, 0.4) is 0 Å². The van der Waals surface area contributed by atoms with Gasteiger partial charge in [-0.3, -0.25) is 9.80 Å². The third kappa shape index (κ3) is 10.5. The first kappa shape index (κ1) is 41.4. The molecule has 6 rings (SSSR count). The molecule has 4 aliphatic heterocycles. The number of likely N-dealkylation sites (N-methyl/N-ethyl adjacent to an activating group) is 2. The van der Waals surface area contributed by atoms with Crippen molar-refractivity contribution in [1.29, 1.82) is 0 Å². The van der Waals surface area contributed by atoms with Gasteiger partial charge in [-0.05, 0) is 104 Å². The van der Waals surface area contributed by atoms with Crippen molar-refractivity contribution in [2.45, 2.75) is 104 Å². The van der Waals surface area contributed by atoms with Crippen LogP contribution in [-0.2, 0) is 12.8 Å². The number of alkyl halides is 3. The van der Waals surface area contributed by atoms with Crippen molar-refractivity contribution in [3.05, 3.63) is 46.5 Å². The summed E-state index contributed by atoms with van der Waals surface area (Å²) in [6.07, 6.45) is -0.0861. The number of halogens is 3. The molecule has 8 nitrogen and oxygen atoms in total. The minimum atomic E-state index is -4.37. The predicted octanol–water partition coefficient (Wildman–Crippen LogP) is 8.03. The summed E-state index contributed by atoms with van der Waals surface area (Å²) >= 11 is 0. The lowest BCUT2D eigenvalue weighted by Gasteiger charge is -2.49. The fourth-order valence-electron chi connectivity index (χ4n) is 8.76. The molecule has 2 fully saturated rings. The van der Waals surface area contributed by atoms with Crippen molar-refractivity contribution in [1.82, 2.24) is 19.6 Å². The number of benzene rings is 2. The second-order valence-electron chi connectivity index (χ2n) is 18.0. The number of fused-ring (bicyclic) bond motifs is 6. The van der Waals surface area contributed by atoms with Crippen molar-refractivity contribution in [3.8, 4) is 23.0 Å². The molecular weight excluding hydrogens is 681 g/mol. The maximum Gasteiger partial charge on any atom is 0.422 e. The maximum absolute atomic E-state index is 12.6. The molecule has 0 radical (unpaired) electrons. The van der Waals surface area contributed by atoms with Crippen LogP contribution in [0.25, 0.3) is 0 Å². The lowest BCUT2D eigenvalue weighted by molar-refractivity contribution is -0.153. The van der Waals surface area contributed by atoms with E-state index in [2.05, 4.69) is 87.4 Å². The Labute approximate surface area is 316 Å². The molecule has 0 N–H and O–H groups in total. The first-order chi connectivity index (χ1) is 24.8. The first-order valence-corrected chi connectivity index (χ1v) is 19.4. The second-order valence-corrected chi connectivity index (χ2v) is 18.0. The van der Waals surface area contributed by atoms with Crippen LogP contribution in [0, 0.1) is 10.8 Å². The number of hydrogen-bond donors (Lipinski definition) is 0. The molecule has 2 saturated heterocycles. The van der Waals surface area contributed by atoms with E-state index in [0.29, 0.717) is 35.9 Å². The van der Waals surface area contributed by atoms with E-state index in [-0.39, 0.29) is 17.2 Å². The Bertz CT molecular complexity index is 1540. The van der Waals surface area contributed by atoms with Gasteiger partial charge in [0.1, 0.15) is 0 Å². The molecule has 0 unspecified atom stereocenters. The van der Waals surface area contributed by atoms with Crippen LogP contribution >= 0.6 is 0 Å². The van der Waals surface area contributed by atoms with Gasteiger partial charge in [0.05, 0.1) is 20.8 Å². The van der Waals surface area contributed by atoms with Crippen LogP contribution in [0.5, 0.6) is 23.0 Å². The fraction of sp³-hybridized carbons (Fsp3) is 0.714. The molecule has 0 spiro atoms. The standard InChI is InChI=1S/C21H31F3N2O2.C21H34N2O2/c1-20(2,3)10-15-11-26-7-6-14-8-19(28-13-21(22,23)24)18(27-5)9-16(14)17(26)12-25(15)4;1-7-25-20-10-15-8-9-23-13-16(12-21(2,3)4)22(5)14-18(23)17(15)11-19(20)24-6/h8-9,15,17H,6-7,10-13H2,1-5H3;10-11,16,18H,7-9,12-14H2,1-6H3/t15-,17-;16-,18-/m11/s1. The number of piperazine rings is 2. The van der Waals surface area contributed by atoms with Gasteiger partial charge in [-0.2, -0.15) is 13.2 Å². The van der Waals surface area contributed by atoms with E-state index in [9.17, 15) is 13.2 Å². The first-order valence-electron chi connectivity index (χ1n) is 19.4. The van der Waals surface area contributed by atoms with Crippen molar-refractivity contribution in [2.24, 2.45) is 10.8 Å². The van der Waals surface area contributed by atoms with Gasteiger partial charge in [-0.15, -0.1) is 0 Å². The van der Waals surface area contributed by atoms with Gasteiger partial charge in [-0.1, -0.05) is 41.5 Å². The van der Waals surface area contributed by atoms with Crippen LogP contribution in [0.4, 0.5) is 13.2 Å². The summed E-state index contributed by atoms with van der Waals surface area (Å²) in [7, 11) is 7.65. The van der Waals surface area contributed by atoms with Gasteiger partial charge in [-0.25, -0.2) is 0 Å². The minimum absolute atomic E-state index is 0.168. The zero-order valence-corrected chi connectivity index (χ0v) is 34.2. The van der Waals surface area contributed by atoms with E-state index < -0.39 is 12.8 Å². The summed E-state index contributed by atoms with van der Waals surface area (Å²) in [6, 6.07) is 9.88. The molecule has 2 aromatic rings. The van der Waals surface area contributed by atoms with Crippen LogP contribution in [0.1, 0.15) is 95.6 Å². The highest BCUT2D eigenvalue weighted by Gasteiger charge is 2.40. The smallest absolute Gasteiger partial charge is 0.422 e. The number of rotatable bonds is 8. The minimum Gasteiger partial charge on any atom is -0.493 e. The third-order valence-electron chi connectivity index (χ3n) is 11.2. The molecular formula is C42H65F3N4O4. The molecule has 0 saturated carbocycles. The van der Waals surface area contributed by atoms with Gasteiger partial charge in [0, 0.05) is 63.4 Å². The highest BCUT2D eigenvalue weighted by Crippen LogP contribution is 2.43. The van der Waals surface area contributed by atoms with E-state index in [0.717, 1.165) is 81.2 Å². The zero-order valence-electron chi connectivity index (χ0n) is 34.2. The molecule has 298 valence electrons. The molecule has 0 amide bonds. The molecule has 4 atom stereocenters. The van der Waals surface area contributed by atoms with Gasteiger partial charge >= 0.3 is 6.18 Å². The molecule has 0 aliphatic carbocycles. The molecule has 11 heteroatoms. The highest BCUT2D eigenvalue weighted by molar-refractivity contribution is 5.51. The molecule has 0 bridgehead atoms. The Morgan fingerprint density at radius 1 is 0.623 bits per heavy atom. The van der Waals surface area contributed by atoms with E-state index in [1.54, 1.807) is 13.2 Å². The van der Waals surface area contributed by atoms with Gasteiger partial charge < -0.3 is 28.7 Å². The van der Waals surface area contributed by atoms with Gasteiger partial charge in [0.2, 0.25) is 0 Å². The van der Waals surface area contributed by atoms with Crippen molar-refractivity contribution in [3.63, 3.8) is 0 Å². The topological polar surface area (TPSA) is 49.9 Å². The Balaban J connectivity index is 0.000000206. The molecule has 4 heterocycles. The normalized spacial score (nSPS) is 24.2. The Hall–Kier alpha value is -2.73. The van der Waals surface area contributed by atoms with E-state index >= 15 is 0 Å². The molecule has 2 aromatic carbocycles. The van der Waals surface area contributed by atoms with E-state index in [1.807, 2.05) is 13.0 Å². The van der Waals surface area contributed by atoms with Crippen LogP contribution in [0.15, 0.2) is 24.3 Å². The summed E-state index contributed by atoms with van der Waals surface area (Å²) in [5, 5.41) is 0. The second kappa shape index (κ2) is 16.6. The van der Waals surface area contributed by atoms with Crippen LogP contribution < -0.4 is 18.9 Å². The summed E-state index contributed by atoms with van der Waals surface area (Å²) < 4.78 is 59.4. The summed E-state index contributed by atoms with van der Waals surface area (Å²) in [5.74, 6) is 2.28. The maximum atomic E-state index is 12.6. The summed E-state index contributed by atoms with van der Waals surface area (Å²) in [6.45, 7) is 21.4. The Kier molecular flexibility index (Phi) is 12.9. The van der Waals surface area contributed by atoms with Gasteiger partial charge in [0.15, 0.2) is 29.6 Å². The SMILES string of the molecule is CCOc1cc2c(cc1OC)[C@H]1CN(C)[C@H](CC(C)(C)C)CN1CC2.COc1cc2c(cc1OCC(F)(F)F)CCN1C[C@@H](CC(C)(C)C)N(C)C[C@H]21. The Morgan fingerprint density at radius 2 is 1.04 bits per heavy atom. The highest BCUT2D eigenvalue weighted by atomic mass is 19.4. The fourth-order valence-corrected chi connectivity index (χ4v) is 8.76. The molecule has 53 heavy (non-hydrogen) atoms. The Morgan fingerprint density at radius 3 is 1.40 bits per heavy atom. The average Bonchev–Trinajstić information content (AvgIpc) is 3.06. The quantitative estimate of drug-likeness (QED) is 0.269. The van der Waals surface area contributed by atoms with Crippen molar-refractivity contribution in [2.75, 3.05) is 80.8 Å². The summed E-state index contributed by atoms with van der Waals surface area (Å²) in [4.78, 5) is 10.2. The average molecular weight is 747 g/mol. The molecule has 4 aliphatic rings.